The Labute approximate surface area is 159 Å². The highest BCUT2D eigenvalue weighted by Crippen LogP contribution is 2.36. The molecule has 0 radical (unpaired) electrons. The molecule has 1 N–H and O–H groups in total. The summed E-state index contributed by atoms with van der Waals surface area (Å²) in [6.45, 7) is 7.23. The predicted molar refractivity (Wildman–Crippen MR) is 106 cm³/mol. The predicted octanol–water partition coefficient (Wildman–Crippen LogP) is 4.48. The lowest BCUT2D eigenvalue weighted by Gasteiger charge is -2.28. The number of nitrogens with zero attached hydrogens (tertiary/aromatic N) is 2. The lowest BCUT2D eigenvalue weighted by Crippen LogP contribution is -2.40. The van der Waals surface area contributed by atoms with E-state index in [-0.39, 0.29) is 5.91 Å². The summed E-state index contributed by atoms with van der Waals surface area (Å²) < 4.78 is 0. The SMILES string of the molecule is Cc1sc(NC(=O)CN(Cc2ccccc2)C(C)C2CC2)c(C#N)c1C. The normalized spacial score (nSPS) is 14.9. The molecule has 1 saturated carbocycles. The van der Waals surface area contributed by atoms with Crippen molar-refractivity contribution in [2.24, 2.45) is 5.92 Å². The summed E-state index contributed by atoms with van der Waals surface area (Å²) >= 11 is 1.48. The van der Waals surface area contributed by atoms with Crippen LogP contribution < -0.4 is 5.32 Å². The van der Waals surface area contributed by atoms with E-state index in [9.17, 15) is 10.1 Å². The average Bonchev–Trinajstić information content (AvgIpc) is 3.43. The van der Waals surface area contributed by atoms with Crippen molar-refractivity contribution in [3.05, 3.63) is 51.9 Å². The van der Waals surface area contributed by atoms with Crippen molar-refractivity contribution < 1.29 is 4.79 Å². The third kappa shape index (κ3) is 4.32. The van der Waals surface area contributed by atoms with Crippen LogP contribution in [0, 0.1) is 31.1 Å². The van der Waals surface area contributed by atoms with Crippen molar-refractivity contribution in [2.75, 3.05) is 11.9 Å². The molecule has 136 valence electrons. The van der Waals surface area contributed by atoms with E-state index in [0.717, 1.165) is 17.0 Å². The van der Waals surface area contributed by atoms with Gasteiger partial charge in [0.2, 0.25) is 5.91 Å². The van der Waals surface area contributed by atoms with Gasteiger partial charge in [-0.2, -0.15) is 5.26 Å². The van der Waals surface area contributed by atoms with Crippen molar-refractivity contribution in [2.45, 2.75) is 46.2 Å². The fraction of sp³-hybridized carbons (Fsp3) is 0.429. The summed E-state index contributed by atoms with van der Waals surface area (Å²) in [4.78, 5) is 16.0. The zero-order chi connectivity index (χ0) is 18.7. The van der Waals surface area contributed by atoms with Crippen LogP contribution in [0.25, 0.3) is 0 Å². The average molecular weight is 368 g/mol. The van der Waals surface area contributed by atoms with E-state index in [1.54, 1.807) is 0 Å². The monoisotopic (exact) mass is 367 g/mol. The number of carbonyl (C=O) groups is 1. The standard InChI is InChI=1S/C21H25N3OS/c1-14-16(3)26-21(19(14)11-22)23-20(25)13-24(15(2)18-9-10-18)12-17-7-5-4-6-8-17/h4-8,15,18H,9-10,12-13H2,1-3H3,(H,23,25). The van der Waals surface area contributed by atoms with E-state index >= 15 is 0 Å². The summed E-state index contributed by atoms with van der Waals surface area (Å²) in [5.74, 6) is 0.638. The van der Waals surface area contributed by atoms with Crippen LogP contribution in [0.3, 0.4) is 0 Å². The molecule has 1 fully saturated rings. The van der Waals surface area contributed by atoms with Crippen molar-refractivity contribution >= 4 is 22.2 Å². The molecule has 1 aromatic heterocycles. The van der Waals surface area contributed by atoms with E-state index in [1.807, 2.05) is 32.0 Å². The van der Waals surface area contributed by atoms with Gasteiger partial charge in [0.25, 0.3) is 0 Å². The number of amides is 1. The molecule has 1 heterocycles. The van der Waals surface area contributed by atoms with E-state index in [1.165, 1.54) is 29.7 Å². The van der Waals surface area contributed by atoms with E-state index < -0.39 is 0 Å². The third-order valence-corrected chi connectivity index (χ3v) is 6.33. The number of nitrogens with one attached hydrogen (secondary N) is 1. The molecular formula is C21H25N3OS. The lowest BCUT2D eigenvalue weighted by molar-refractivity contribution is -0.118. The smallest absolute Gasteiger partial charge is 0.239 e. The number of thiophene rings is 1. The van der Waals surface area contributed by atoms with Crippen molar-refractivity contribution in [3.8, 4) is 6.07 Å². The van der Waals surface area contributed by atoms with Crippen LogP contribution in [0.15, 0.2) is 30.3 Å². The molecule has 1 unspecified atom stereocenters. The van der Waals surface area contributed by atoms with Gasteiger partial charge in [-0.3, -0.25) is 9.69 Å². The Bertz CT molecular complexity index is 818. The summed E-state index contributed by atoms with van der Waals surface area (Å²) in [7, 11) is 0. The van der Waals surface area contributed by atoms with Gasteiger partial charge in [0.15, 0.2) is 0 Å². The molecule has 0 spiro atoms. The number of benzene rings is 1. The molecule has 2 aromatic rings. The third-order valence-electron chi connectivity index (χ3n) is 5.21. The maximum atomic E-state index is 12.7. The first-order chi connectivity index (χ1) is 12.5. The second kappa shape index (κ2) is 8.03. The highest BCUT2D eigenvalue weighted by Gasteiger charge is 2.33. The Morgan fingerprint density at radius 3 is 2.65 bits per heavy atom. The zero-order valence-corrected chi connectivity index (χ0v) is 16.4. The van der Waals surface area contributed by atoms with Crippen LogP contribution in [0.5, 0.6) is 0 Å². The van der Waals surface area contributed by atoms with Gasteiger partial charge in [-0.05, 0) is 50.7 Å². The van der Waals surface area contributed by atoms with Gasteiger partial charge < -0.3 is 5.32 Å². The van der Waals surface area contributed by atoms with E-state index in [2.05, 4.69) is 35.3 Å². The van der Waals surface area contributed by atoms with Gasteiger partial charge in [0.1, 0.15) is 11.1 Å². The van der Waals surface area contributed by atoms with Crippen molar-refractivity contribution in [1.29, 1.82) is 5.26 Å². The summed E-state index contributed by atoms with van der Waals surface area (Å²) in [5.41, 5.74) is 2.76. The van der Waals surface area contributed by atoms with Crippen LogP contribution in [0.2, 0.25) is 0 Å². The quantitative estimate of drug-likeness (QED) is 0.785. The fourth-order valence-corrected chi connectivity index (χ4v) is 4.27. The van der Waals surface area contributed by atoms with Crippen molar-refractivity contribution in [1.82, 2.24) is 4.90 Å². The molecule has 3 rings (SSSR count). The maximum absolute atomic E-state index is 12.7. The van der Waals surface area contributed by atoms with E-state index in [0.29, 0.717) is 29.1 Å². The van der Waals surface area contributed by atoms with Gasteiger partial charge in [-0.15, -0.1) is 11.3 Å². The summed E-state index contributed by atoms with van der Waals surface area (Å²) in [6.07, 6.45) is 2.49. The van der Waals surface area contributed by atoms with Crippen LogP contribution in [0.1, 0.15) is 41.3 Å². The molecule has 1 atom stereocenters. The first kappa shape index (κ1) is 18.6. The molecule has 1 aliphatic rings. The largest absolute Gasteiger partial charge is 0.315 e. The number of nitriles is 1. The second-order valence-corrected chi connectivity index (χ2v) is 8.34. The van der Waals surface area contributed by atoms with Crippen LogP contribution in [-0.2, 0) is 11.3 Å². The van der Waals surface area contributed by atoms with Crippen molar-refractivity contribution in [3.63, 3.8) is 0 Å². The number of carbonyl (C=O) groups excluding carboxylic acids is 1. The molecule has 0 saturated heterocycles. The molecule has 1 amide bonds. The van der Waals surface area contributed by atoms with Gasteiger partial charge in [-0.1, -0.05) is 30.3 Å². The van der Waals surface area contributed by atoms with Crippen LogP contribution in [-0.4, -0.2) is 23.4 Å². The molecule has 1 aromatic carbocycles. The highest BCUT2D eigenvalue weighted by molar-refractivity contribution is 7.16. The Kier molecular flexibility index (Phi) is 5.75. The van der Waals surface area contributed by atoms with E-state index in [4.69, 9.17) is 0 Å². The molecular weight excluding hydrogens is 342 g/mol. The minimum Gasteiger partial charge on any atom is -0.315 e. The summed E-state index contributed by atoms with van der Waals surface area (Å²) in [5, 5.41) is 13.0. The number of rotatable bonds is 7. The Hall–Kier alpha value is -2.16. The molecule has 0 bridgehead atoms. The minimum atomic E-state index is -0.0498. The van der Waals surface area contributed by atoms with Gasteiger partial charge >= 0.3 is 0 Å². The fourth-order valence-electron chi connectivity index (χ4n) is 3.24. The molecule has 1 aliphatic carbocycles. The maximum Gasteiger partial charge on any atom is 0.239 e. The molecule has 0 aliphatic heterocycles. The highest BCUT2D eigenvalue weighted by atomic mass is 32.1. The number of hydrogen-bond donors (Lipinski definition) is 1. The zero-order valence-electron chi connectivity index (χ0n) is 15.6. The van der Waals surface area contributed by atoms with Crippen LogP contribution >= 0.6 is 11.3 Å². The summed E-state index contributed by atoms with van der Waals surface area (Å²) in [6, 6.07) is 12.9. The molecule has 26 heavy (non-hydrogen) atoms. The van der Waals surface area contributed by atoms with Gasteiger partial charge in [-0.25, -0.2) is 0 Å². The van der Waals surface area contributed by atoms with Crippen LogP contribution in [0.4, 0.5) is 5.00 Å². The lowest BCUT2D eigenvalue weighted by atomic mass is 10.1. The first-order valence-corrected chi connectivity index (χ1v) is 9.89. The van der Waals surface area contributed by atoms with Gasteiger partial charge in [0.05, 0.1) is 12.1 Å². The van der Waals surface area contributed by atoms with Gasteiger partial charge in [0, 0.05) is 17.5 Å². The molecule has 4 nitrogen and oxygen atoms in total. The number of aryl methyl sites for hydroxylation is 1. The second-order valence-electron chi connectivity index (χ2n) is 7.12. The minimum absolute atomic E-state index is 0.0498. The topological polar surface area (TPSA) is 56.1 Å². The Balaban J connectivity index is 1.71. The first-order valence-electron chi connectivity index (χ1n) is 9.07. The molecule has 5 heteroatoms. The Morgan fingerprint density at radius 2 is 2.04 bits per heavy atom. The number of hydrogen-bond acceptors (Lipinski definition) is 4. The Morgan fingerprint density at radius 1 is 1.35 bits per heavy atom. The number of anilines is 1.